The van der Waals surface area contributed by atoms with Crippen molar-refractivity contribution in [3.8, 4) is 17.2 Å². The molecule has 1 fully saturated rings. The van der Waals surface area contributed by atoms with Gasteiger partial charge in [0.05, 0.1) is 45.0 Å². The van der Waals surface area contributed by atoms with Crippen LogP contribution in [0.3, 0.4) is 0 Å². The molecule has 1 aliphatic rings. The molecule has 3 atom stereocenters. The molecule has 2 aromatic carbocycles. The van der Waals surface area contributed by atoms with Crippen LogP contribution in [-0.2, 0) is 4.74 Å². The zero-order valence-electron chi connectivity index (χ0n) is 14.8. The fraction of sp³-hybridized carbons (Fsp3) is 0.474. The van der Waals surface area contributed by atoms with Crippen molar-refractivity contribution in [3.63, 3.8) is 0 Å². The van der Waals surface area contributed by atoms with Gasteiger partial charge in [0.1, 0.15) is 11.5 Å². The summed E-state index contributed by atoms with van der Waals surface area (Å²) in [5.41, 5.74) is 0.805. The van der Waals surface area contributed by atoms with Crippen LogP contribution in [0, 0.1) is 5.82 Å². The second-order valence-corrected chi connectivity index (χ2v) is 6.18. The van der Waals surface area contributed by atoms with Gasteiger partial charge in [0.2, 0.25) is 0 Å². The van der Waals surface area contributed by atoms with Crippen molar-refractivity contribution in [2.45, 2.75) is 38.1 Å². The van der Waals surface area contributed by atoms with E-state index in [1.54, 1.807) is 0 Å². The molecule has 136 valence electrons. The van der Waals surface area contributed by atoms with E-state index >= 15 is 0 Å². The first-order valence-electron chi connectivity index (χ1n) is 8.26. The molecule has 1 aliphatic heterocycles. The minimum atomic E-state index is -0.518. The number of hydrogen-bond donors (Lipinski definition) is 1. The Hall–Kier alpha value is -2.05. The number of halogens is 1. The van der Waals surface area contributed by atoms with Gasteiger partial charge in [-0.05, 0) is 25.8 Å². The molecular weight excluding hydrogens is 327 g/mol. The van der Waals surface area contributed by atoms with Crippen LogP contribution in [0.5, 0.6) is 17.2 Å². The lowest BCUT2D eigenvalue weighted by Crippen LogP contribution is -2.33. The van der Waals surface area contributed by atoms with Crippen LogP contribution >= 0.6 is 0 Å². The maximum absolute atomic E-state index is 14.4. The van der Waals surface area contributed by atoms with Crippen molar-refractivity contribution in [1.29, 1.82) is 0 Å². The number of benzene rings is 2. The van der Waals surface area contributed by atoms with Gasteiger partial charge in [-0.15, -0.1) is 0 Å². The second kappa shape index (κ2) is 7.06. The topological polar surface area (TPSA) is 57.2 Å². The third kappa shape index (κ3) is 3.00. The van der Waals surface area contributed by atoms with Crippen LogP contribution in [0.25, 0.3) is 10.8 Å². The standard InChI is InChI=1S/C19H23FO5/c1-10-14(21)7-8-15(25-10)12-6-5-11-16(22-2)9-13(20)19(24-4)17(11)18(12)23-3/h5-6,9-10,14-15,21H,7-8H2,1-4H3/t10-,14+,15-/m0/s1. The summed E-state index contributed by atoms with van der Waals surface area (Å²) in [6, 6.07) is 5.05. The summed E-state index contributed by atoms with van der Waals surface area (Å²) in [5.74, 6) is 0.501. The number of aliphatic hydroxyl groups is 1. The highest BCUT2D eigenvalue weighted by molar-refractivity contribution is 5.99. The number of hydrogen-bond acceptors (Lipinski definition) is 5. The Morgan fingerprint density at radius 2 is 1.80 bits per heavy atom. The zero-order valence-corrected chi connectivity index (χ0v) is 14.8. The van der Waals surface area contributed by atoms with Crippen LogP contribution in [0.15, 0.2) is 18.2 Å². The Balaban J connectivity index is 2.21. The number of methoxy groups -OCH3 is 3. The average molecular weight is 350 g/mol. The molecule has 0 saturated carbocycles. The van der Waals surface area contributed by atoms with Crippen molar-refractivity contribution < 1.29 is 28.4 Å². The molecule has 3 rings (SSSR count). The fourth-order valence-corrected chi connectivity index (χ4v) is 3.45. The van der Waals surface area contributed by atoms with Gasteiger partial charge in [-0.2, -0.15) is 0 Å². The minimum Gasteiger partial charge on any atom is -0.496 e. The lowest BCUT2D eigenvalue weighted by molar-refractivity contribution is -0.110. The Labute approximate surface area is 146 Å². The zero-order chi connectivity index (χ0) is 18.1. The van der Waals surface area contributed by atoms with E-state index in [-0.39, 0.29) is 18.0 Å². The fourth-order valence-electron chi connectivity index (χ4n) is 3.45. The lowest BCUT2D eigenvalue weighted by atomic mass is 9.93. The first kappa shape index (κ1) is 17.8. The van der Waals surface area contributed by atoms with Crippen LogP contribution in [0.4, 0.5) is 4.39 Å². The molecule has 1 saturated heterocycles. The predicted octanol–water partition coefficient (Wildman–Crippen LogP) is 3.61. The number of fused-ring (bicyclic) bond motifs is 1. The van der Waals surface area contributed by atoms with Crippen molar-refractivity contribution >= 4 is 10.8 Å². The highest BCUT2D eigenvalue weighted by Crippen LogP contribution is 2.46. The molecule has 0 aromatic heterocycles. The van der Waals surface area contributed by atoms with Gasteiger partial charge in [-0.3, -0.25) is 0 Å². The first-order chi connectivity index (χ1) is 12.0. The molecule has 5 nitrogen and oxygen atoms in total. The van der Waals surface area contributed by atoms with Gasteiger partial charge < -0.3 is 24.1 Å². The summed E-state index contributed by atoms with van der Waals surface area (Å²) in [4.78, 5) is 0. The van der Waals surface area contributed by atoms with E-state index < -0.39 is 11.9 Å². The van der Waals surface area contributed by atoms with Gasteiger partial charge >= 0.3 is 0 Å². The third-order valence-corrected chi connectivity index (χ3v) is 4.78. The Kier molecular flexibility index (Phi) is 5.01. The van der Waals surface area contributed by atoms with E-state index in [9.17, 15) is 9.50 Å². The summed E-state index contributed by atoms with van der Waals surface area (Å²) in [7, 11) is 4.45. The molecule has 25 heavy (non-hydrogen) atoms. The summed E-state index contributed by atoms with van der Waals surface area (Å²) in [5, 5.41) is 11.1. The largest absolute Gasteiger partial charge is 0.496 e. The SMILES string of the molecule is COc1cc(F)c(OC)c2c(OC)c([C@@H]3CC[C@@H](O)[C@H](C)O3)ccc12. The van der Waals surface area contributed by atoms with E-state index in [4.69, 9.17) is 18.9 Å². The highest BCUT2D eigenvalue weighted by atomic mass is 19.1. The summed E-state index contributed by atoms with van der Waals surface area (Å²) >= 11 is 0. The lowest BCUT2D eigenvalue weighted by Gasteiger charge is -2.33. The van der Waals surface area contributed by atoms with Gasteiger partial charge in [0.25, 0.3) is 0 Å². The summed E-state index contributed by atoms with van der Waals surface area (Å²) < 4.78 is 36.6. The maximum atomic E-state index is 14.4. The van der Waals surface area contributed by atoms with Crippen LogP contribution in [0.2, 0.25) is 0 Å². The maximum Gasteiger partial charge on any atom is 0.169 e. The normalized spacial score (nSPS) is 23.5. The van der Waals surface area contributed by atoms with Crippen molar-refractivity contribution in [3.05, 3.63) is 29.6 Å². The molecule has 2 aromatic rings. The molecule has 0 radical (unpaired) electrons. The highest BCUT2D eigenvalue weighted by Gasteiger charge is 2.31. The van der Waals surface area contributed by atoms with Gasteiger partial charge in [0, 0.05) is 17.0 Å². The van der Waals surface area contributed by atoms with Gasteiger partial charge in [0.15, 0.2) is 11.6 Å². The van der Waals surface area contributed by atoms with Crippen molar-refractivity contribution in [2.24, 2.45) is 0 Å². The molecule has 1 heterocycles. The monoisotopic (exact) mass is 350 g/mol. The first-order valence-corrected chi connectivity index (χ1v) is 8.26. The number of aliphatic hydroxyl groups excluding tert-OH is 1. The Morgan fingerprint density at radius 1 is 1.08 bits per heavy atom. The van der Waals surface area contributed by atoms with E-state index in [0.29, 0.717) is 35.1 Å². The van der Waals surface area contributed by atoms with Crippen molar-refractivity contribution in [2.75, 3.05) is 21.3 Å². The molecule has 0 unspecified atom stereocenters. The number of rotatable bonds is 4. The van der Waals surface area contributed by atoms with E-state index in [0.717, 1.165) is 5.56 Å². The molecular formula is C19H23FO5. The molecule has 0 bridgehead atoms. The van der Waals surface area contributed by atoms with E-state index in [1.165, 1.54) is 27.4 Å². The minimum absolute atomic E-state index is 0.110. The Bertz CT molecular complexity index is 776. The quantitative estimate of drug-likeness (QED) is 0.913. The molecule has 0 spiro atoms. The number of ether oxygens (including phenoxy) is 4. The molecule has 1 N–H and O–H groups in total. The van der Waals surface area contributed by atoms with Crippen molar-refractivity contribution in [1.82, 2.24) is 0 Å². The molecule has 0 amide bonds. The molecule has 0 aliphatic carbocycles. The molecule has 6 heteroatoms. The average Bonchev–Trinajstić information content (AvgIpc) is 2.62. The summed E-state index contributed by atoms with van der Waals surface area (Å²) in [6.45, 7) is 1.84. The predicted molar refractivity (Wildman–Crippen MR) is 92.1 cm³/mol. The van der Waals surface area contributed by atoms with E-state index in [1.807, 2.05) is 19.1 Å². The third-order valence-electron chi connectivity index (χ3n) is 4.78. The van der Waals surface area contributed by atoms with Gasteiger partial charge in [-0.1, -0.05) is 6.07 Å². The van der Waals surface area contributed by atoms with Crippen LogP contribution < -0.4 is 14.2 Å². The smallest absolute Gasteiger partial charge is 0.169 e. The van der Waals surface area contributed by atoms with Gasteiger partial charge in [-0.25, -0.2) is 4.39 Å². The van der Waals surface area contributed by atoms with Crippen LogP contribution in [-0.4, -0.2) is 38.6 Å². The second-order valence-electron chi connectivity index (χ2n) is 6.18. The van der Waals surface area contributed by atoms with Crippen LogP contribution in [0.1, 0.15) is 31.4 Å². The Morgan fingerprint density at radius 3 is 2.40 bits per heavy atom. The van der Waals surface area contributed by atoms with E-state index in [2.05, 4.69) is 0 Å². The summed E-state index contributed by atoms with van der Waals surface area (Å²) in [6.07, 6.45) is 0.299.